The predicted molar refractivity (Wildman–Crippen MR) is 64.7 cm³/mol. The molecule has 118 valence electrons. The van der Waals surface area contributed by atoms with E-state index in [-0.39, 0.29) is 12.4 Å². The van der Waals surface area contributed by atoms with E-state index in [2.05, 4.69) is 14.6 Å². The molecule has 1 aliphatic heterocycles. The second-order valence-electron chi connectivity index (χ2n) is 4.19. The summed E-state index contributed by atoms with van der Waals surface area (Å²) in [6, 6.07) is 0. The molecule has 5 atom stereocenters. The van der Waals surface area contributed by atoms with Crippen molar-refractivity contribution in [1.82, 2.24) is 14.8 Å². The van der Waals surface area contributed by atoms with Crippen molar-refractivity contribution in [2.45, 2.75) is 30.7 Å². The van der Waals surface area contributed by atoms with Crippen molar-refractivity contribution in [2.24, 2.45) is 5.73 Å². The van der Waals surface area contributed by atoms with Crippen molar-refractivity contribution in [3.05, 3.63) is 12.2 Å². The van der Waals surface area contributed by atoms with Gasteiger partial charge < -0.3 is 25.2 Å². The molecule has 1 aliphatic rings. The number of amides is 1. The summed E-state index contributed by atoms with van der Waals surface area (Å²) in [4.78, 5) is 14.5. The summed E-state index contributed by atoms with van der Waals surface area (Å²) in [5, 5.41) is 23.3. The number of aromatic nitrogens is 3. The SMILES string of the molecule is NC(=O)c1ncn([C@@H]2O[C@H](COPC(F)F)[C@@H](O)[C@H]2O)n1. The van der Waals surface area contributed by atoms with E-state index in [4.69, 9.17) is 10.5 Å². The van der Waals surface area contributed by atoms with Gasteiger partial charge in [-0.15, -0.1) is 5.10 Å². The molecule has 1 aromatic heterocycles. The third-order valence-electron chi connectivity index (χ3n) is 2.75. The van der Waals surface area contributed by atoms with E-state index in [0.29, 0.717) is 0 Å². The van der Waals surface area contributed by atoms with E-state index in [1.54, 1.807) is 0 Å². The van der Waals surface area contributed by atoms with Crippen molar-refractivity contribution in [2.75, 3.05) is 6.61 Å². The Bertz CT molecular complexity index is 504. The molecule has 1 aromatic rings. The molecule has 9 nitrogen and oxygen atoms in total. The summed E-state index contributed by atoms with van der Waals surface area (Å²) in [7, 11) is -1.05. The smallest absolute Gasteiger partial charge is 0.288 e. The zero-order valence-corrected chi connectivity index (χ0v) is 11.5. The summed E-state index contributed by atoms with van der Waals surface area (Å²) >= 11 is 0. The molecule has 0 aromatic carbocycles. The Morgan fingerprint density at radius 2 is 2.29 bits per heavy atom. The highest BCUT2D eigenvalue weighted by molar-refractivity contribution is 7.32. The normalized spacial score (nSPS) is 29.8. The standard InChI is InChI=1S/C9H13F2N4O5P/c10-9(11)21-19-1-3-4(16)5(17)8(20-3)15-2-13-7(14-15)6(12)18/h2-5,8-9,16-17,21H,1H2,(H2,12,18)/t3-,4-,5-,8-/m1/s1. The quantitative estimate of drug-likeness (QED) is 0.561. The molecule has 1 saturated heterocycles. The lowest BCUT2D eigenvalue weighted by atomic mass is 10.1. The van der Waals surface area contributed by atoms with Gasteiger partial charge in [-0.1, -0.05) is 0 Å². The highest BCUT2D eigenvalue weighted by atomic mass is 31.1. The Hall–Kier alpha value is -1.26. The van der Waals surface area contributed by atoms with E-state index in [1.807, 2.05) is 0 Å². The lowest BCUT2D eigenvalue weighted by Gasteiger charge is -2.14. The van der Waals surface area contributed by atoms with Gasteiger partial charge in [-0.25, -0.2) is 18.4 Å². The van der Waals surface area contributed by atoms with Crippen molar-refractivity contribution < 1.29 is 33.0 Å². The highest BCUT2D eigenvalue weighted by Crippen LogP contribution is 2.31. The van der Waals surface area contributed by atoms with Crippen LogP contribution in [0.5, 0.6) is 0 Å². The summed E-state index contributed by atoms with van der Waals surface area (Å²) in [5.41, 5.74) is 4.99. The molecule has 21 heavy (non-hydrogen) atoms. The molecule has 12 heteroatoms. The Balaban J connectivity index is 1.99. The predicted octanol–water partition coefficient (Wildman–Crippen LogP) is -1.17. The monoisotopic (exact) mass is 326 g/mol. The third-order valence-corrected chi connectivity index (χ3v) is 3.26. The fourth-order valence-electron chi connectivity index (χ4n) is 1.79. The number of carbonyl (C=O) groups excluding carboxylic acids is 1. The first-order chi connectivity index (χ1) is 9.90. The number of aliphatic hydroxyl groups excluding tert-OH is 2. The van der Waals surface area contributed by atoms with E-state index in [1.165, 1.54) is 0 Å². The second-order valence-corrected chi connectivity index (χ2v) is 5.15. The lowest BCUT2D eigenvalue weighted by Crippen LogP contribution is -2.33. The number of alkyl halides is 2. The van der Waals surface area contributed by atoms with Gasteiger partial charge in [0.05, 0.1) is 15.4 Å². The minimum Gasteiger partial charge on any atom is -0.387 e. The number of carbonyl (C=O) groups is 1. The molecule has 0 spiro atoms. The molecule has 2 rings (SSSR count). The summed E-state index contributed by atoms with van der Waals surface area (Å²) < 4.78 is 34.9. The van der Waals surface area contributed by atoms with Gasteiger partial charge in [-0.3, -0.25) is 4.79 Å². The fourth-order valence-corrected chi connectivity index (χ4v) is 2.18. The van der Waals surface area contributed by atoms with Crippen LogP contribution in [-0.2, 0) is 9.26 Å². The van der Waals surface area contributed by atoms with Crippen molar-refractivity contribution in [1.29, 1.82) is 0 Å². The highest BCUT2D eigenvalue weighted by Gasteiger charge is 2.44. The number of nitrogens with zero attached hydrogens (tertiary/aromatic N) is 3. The van der Waals surface area contributed by atoms with Crippen LogP contribution < -0.4 is 5.73 Å². The maximum Gasteiger partial charge on any atom is 0.288 e. The Labute approximate surface area is 118 Å². The number of halogens is 2. The van der Waals surface area contributed by atoms with Crippen molar-refractivity contribution >= 4 is 14.7 Å². The number of ether oxygens (including phenoxy) is 1. The number of hydrogen-bond acceptors (Lipinski definition) is 7. The molecule has 0 bridgehead atoms. The third kappa shape index (κ3) is 3.69. The molecule has 4 N–H and O–H groups in total. The van der Waals surface area contributed by atoms with Crippen LogP contribution >= 0.6 is 8.81 Å². The van der Waals surface area contributed by atoms with Gasteiger partial charge in [0.25, 0.3) is 12.1 Å². The fraction of sp³-hybridized carbons (Fsp3) is 0.667. The van der Waals surface area contributed by atoms with Crippen LogP contribution in [0.15, 0.2) is 6.33 Å². The van der Waals surface area contributed by atoms with Crippen molar-refractivity contribution in [3.63, 3.8) is 0 Å². The molecule has 2 heterocycles. The van der Waals surface area contributed by atoms with Crippen LogP contribution in [0.1, 0.15) is 16.8 Å². The van der Waals surface area contributed by atoms with Crippen LogP contribution in [0.25, 0.3) is 0 Å². The van der Waals surface area contributed by atoms with E-state index in [9.17, 15) is 23.8 Å². The van der Waals surface area contributed by atoms with Crippen LogP contribution in [0.3, 0.4) is 0 Å². The van der Waals surface area contributed by atoms with Gasteiger partial charge in [0, 0.05) is 0 Å². The zero-order valence-electron chi connectivity index (χ0n) is 10.5. The Morgan fingerprint density at radius 3 is 2.86 bits per heavy atom. The van der Waals surface area contributed by atoms with E-state index in [0.717, 1.165) is 11.0 Å². The molecule has 1 unspecified atom stereocenters. The van der Waals surface area contributed by atoms with Gasteiger partial charge >= 0.3 is 0 Å². The first-order valence-corrected chi connectivity index (χ1v) is 6.76. The zero-order chi connectivity index (χ0) is 15.6. The summed E-state index contributed by atoms with van der Waals surface area (Å²) in [6.07, 6.45) is -6.36. The summed E-state index contributed by atoms with van der Waals surface area (Å²) in [5.74, 6) is -1.14. The second kappa shape index (κ2) is 6.67. The van der Waals surface area contributed by atoms with Gasteiger partial charge in [0.2, 0.25) is 5.82 Å². The van der Waals surface area contributed by atoms with Crippen molar-refractivity contribution in [3.8, 4) is 0 Å². The van der Waals surface area contributed by atoms with E-state index < -0.39 is 45.4 Å². The van der Waals surface area contributed by atoms with E-state index >= 15 is 0 Å². The van der Waals surface area contributed by atoms with Gasteiger partial charge in [0.15, 0.2) is 6.23 Å². The number of rotatable bonds is 6. The first-order valence-electron chi connectivity index (χ1n) is 5.78. The lowest BCUT2D eigenvalue weighted by molar-refractivity contribution is -0.0547. The first kappa shape index (κ1) is 16.1. The summed E-state index contributed by atoms with van der Waals surface area (Å²) in [6.45, 7) is -0.311. The molecule has 1 fully saturated rings. The molecular weight excluding hydrogens is 313 g/mol. The topological polar surface area (TPSA) is 133 Å². The van der Waals surface area contributed by atoms with Gasteiger partial charge in [-0.05, 0) is 0 Å². The molecular formula is C9H13F2N4O5P. The average molecular weight is 326 g/mol. The Morgan fingerprint density at radius 1 is 1.57 bits per heavy atom. The molecule has 0 saturated carbocycles. The molecule has 0 aliphatic carbocycles. The van der Waals surface area contributed by atoms with Crippen LogP contribution in [-0.4, -0.2) is 62.0 Å². The average Bonchev–Trinajstić information content (AvgIpc) is 2.99. The molecule has 0 radical (unpaired) electrons. The van der Waals surface area contributed by atoms with Crippen LogP contribution in [0, 0.1) is 0 Å². The number of aliphatic hydroxyl groups is 2. The minimum absolute atomic E-state index is 0.279. The van der Waals surface area contributed by atoms with Gasteiger partial charge in [-0.2, -0.15) is 0 Å². The molecule has 1 amide bonds. The van der Waals surface area contributed by atoms with Crippen LogP contribution in [0.2, 0.25) is 0 Å². The number of hydrogen-bond donors (Lipinski definition) is 3. The number of primary amides is 1. The maximum absolute atomic E-state index is 12.0. The largest absolute Gasteiger partial charge is 0.387 e. The van der Waals surface area contributed by atoms with Gasteiger partial charge in [0.1, 0.15) is 24.6 Å². The minimum atomic E-state index is -2.61. The Kier molecular flexibility index (Phi) is 5.12. The van der Waals surface area contributed by atoms with Crippen LogP contribution in [0.4, 0.5) is 8.78 Å². The maximum atomic E-state index is 12.0. The number of nitrogens with two attached hydrogens (primary N) is 1.